The second-order valence-electron chi connectivity index (χ2n) is 6.91. The van der Waals surface area contributed by atoms with Gasteiger partial charge in [-0.3, -0.25) is 19.4 Å². The fourth-order valence-electron chi connectivity index (χ4n) is 4.93. The summed E-state index contributed by atoms with van der Waals surface area (Å²) in [6, 6.07) is 3.89. The molecule has 1 heterocycles. The van der Waals surface area contributed by atoms with Crippen LogP contribution in [0.3, 0.4) is 0 Å². The van der Waals surface area contributed by atoms with Crippen molar-refractivity contribution in [3.05, 3.63) is 35.7 Å². The Bertz CT molecular complexity index is 753. The molecule has 24 heavy (non-hydrogen) atoms. The summed E-state index contributed by atoms with van der Waals surface area (Å²) in [5.74, 6) is -0.341. The molecule has 0 unspecified atom stereocenters. The number of esters is 1. The zero-order valence-corrected chi connectivity index (χ0v) is 14.0. The average molecular weight is 328 g/mol. The van der Waals surface area contributed by atoms with E-state index in [-0.39, 0.29) is 23.7 Å². The van der Waals surface area contributed by atoms with E-state index in [1.807, 2.05) is 24.3 Å². The Balaban J connectivity index is 1.87. The Kier molecular flexibility index (Phi) is 3.12. The molecule has 2 atom stereocenters. The minimum absolute atomic E-state index is 0.0863. The van der Waals surface area contributed by atoms with E-state index < -0.39 is 11.0 Å². The maximum absolute atomic E-state index is 13.0. The normalized spacial score (nSPS) is 34.8. The van der Waals surface area contributed by atoms with Gasteiger partial charge in [-0.1, -0.05) is 12.1 Å². The lowest BCUT2D eigenvalue weighted by molar-refractivity contribution is -0.199. The maximum atomic E-state index is 13.0. The minimum atomic E-state index is -0.977. The molecule has 5 rings (SSSR count). The largest absolute Gasteiger partial charge is 0.453 e. The summed E-state index contributed by atoms with van der Waals surface area (Å²) in [5, 5.41) is 1.24. The summed E-state index contributed by atoms with van der Waals surface area (Å²) in [6.07, 6.45) is 6.93. The van der Waals surface area contributed by atoms with Crippen LogP contribution in [0.1, 0.15) is 36.9 Å². The van der Waals surface area contributed by atoms with Crippen LogP contribution in [-0.2, 0) is 19.2 Å². The standard InChI is InChI=1S/C18H20N2O4/c1-11(21)24-18-7-6-12-5-4-8-19-15(12)14(18)13-9-17(18,10-13)16(22)20(2)23-3/h4-8,13-14H,9-10H2,1-3H3/t13?,14-,17?,18-/m0/s1. The number of hydrogen-bond acceptors (Lipinski definition) is 5. The lowest BCUT2D eigenvalue weighted by atomic mass is 9.64. The summed E-state index contributed by atoms with van der Waals surface area (Å²) in [5.41, 5.74) is 0.193. The van der Waals surface area contributed by atoms with Gasteiger partial charge in [-0.2, -0.15) is 0 Å². The lowest BCUT2D eigenvalue weighted by Gasteiger charge is -2.46. The van der Waals surface area contributed by atoms with E-state index in [2.05, 4.69) is 4.98 Å². The van der Waals surface area contributed by atoms with Crippen LogP contribution in [0.25, 0.3) is 6.08 Å². The molecule has 0 N–H and O–H groups in total. The molecule has 3 saturated carbocycles. The Hall–Kier alpha value is -2.21. The molecule has 1 aromatic rings. The van der Waals surface area contributed by atoms with Gasteiger partial charge in [0.05, 0.1) is 18.2 Å². The van der Waals surface area contributed by atoms with Crippen LogP contribution in [0.15, 0.2) is 24.4 Å². The molecule has 6 heteroatoms. The molecule has 0 aliphatic heterocycles. The van der Waals surface area contributed by atoms with E-state index in [4.69, 9.17) is 9.57 Å². The van der Waals surface area contributed by atoms with Crippen molar-refractivity contribution in [1.29, 1.82) is 0 Å². The van der Waals surface area contributed by atoms with Crippen LogP contribution in [0.2, 0.25) is 0 Å². The van der Waals surface area contributed by atoms with E-state index in [1.54, 1.807) is 13.2 Å². The number of fused-ring (bicyclic) bond motifs is 1. The van der Waals surface area contributed by atoms with Crippen molar-refractivity contribution in [2.24, 2.45) is 11.3 Å². The van der Waals surface area contributed by atoms with Crippen LogP contribution >= 0.6 is 0 Å². The van der Waals surface area contributed by atoms with Gasteiger partial charge >= 0.3 is 5.97 Å². The molecule has 2 bridgehead atoms. The first kappa shape index (κ1) is 15.3. The minimum Gasteiger partial charge on any atom is -0.453 e. The third kappa shape index (κ3) is 1.66. The Labute approximate surface area is 140 Å². The van der Waals surface area contributed by atoms with Gasteiger partial charge < -0.3 is 4.74 Å². The molecule has 3 fully saturated rings. The third-order valence-corrected chi connectivity index (χ3v) is 5.86. The molecule has 0 radical (unpaired) electrons. The number of hydrogen-bond donors (Lipinski definition) is 0. The second kappa shape index (κ2) is 4.89. The molecule has 0 saturated heterocycles. The molecule has 6 nitrogen and oxygen atoms in total. The van der Waals surface area contributed by atoms with Gasteiger partial charge in [0, 0.05) is 26.1 Å². The number of nitrogens with zero attached hydrogens (tertiary/aromatic N) is 2. The van der Waals surface area contributed by atoms with Crippen molar-refractivity contribution in [2.75, 3.05) is 14.2 Å². The summed E-state index contributed by atoms with van der Waals surface area (Å²) in [7, 11) is 3.06. The zero-order valence-electron chi connectivity index (χ0n) is 14.0. The number of aromatic nitrogens is 1. The first-order valence-corrected chi connectivity index (χ1v) is 8.11. The molecule has 1 amide bonds. The van der Waals surface area contributed by atoms with Gasteiger partial charge in [-0.15, -0.1) is 0 Å². The quantitative estimate of drug-likeness (QED) is 0.626. The van der Waals surface area contributed by atoms with Gasteiger partial charge in [0.1, 0.15) is 0 Å². The molecule has 0 spiro atoms. The number of amides is 1. The van der Waals surface area contributed by atoms with Crippen molar-refractivity contribution < 1.29 is 19.2 Å². The smallest absolute Gasteiger partial charge is 0.303 e. The SMILES string of the molecule is CON(C)C(=O)C12CC(C1)[C@H]1c3ncccc3C=C[C@]12OC(C)=O. The van der Waals surface area contributed by atoms with E-state index in [1.165, 1.54) is 19.1 Å². The van der Waals surface area contributed by atoms with Crippen molar-refractivity contribution in [3.8, 4) is 0 Å². The molecule has 4 aliphatic carbocycles. The summed E-state index contributed by atoms with van der Waals surface area (Å²) >= 11 is 0. The average Bonchev–Trinajstić information content (AvgIpc) is 2.97. The molecule has 4 aliphatic rings. The first-order valence-electron chi connectivity index (χ1n) is 8.11. The molecular weight excluding hydrogens is 308 g/mol. The van der Waals surface area contributed by atoms with E-state index in [0.717, 1.165) is 11.3 Å². The number of carbonyl (C=O) groups excluding carboxylic acids is 2. The van der Waals surface area contributed by atoms with Crippen LogP contribution < -0.4 is 0 Å². The molecule has 1 aromatic heterocycles. The Morgan fingerprint density at radius 3 is 2.79 bits per heavy atom. The number of rotatable bonds is 3. The number of ether oxygens (including phenoxy) is 1. The maximum Gasteiger partial charge on any atom is 0.303 e. The van der Waals surface area contributed by atoms with Crippen molar-refractivity contribution in [2.45, 2.75) is 31.3 Å². The zero-order chi connectivity index (χ0) is 17.1. The number of carbonyl (C=O) groups is 2. The molecule has 0 aromatic carbocycles. The summed E-state index contributed by atoms with van der Waals surface area (Å²) < 4.78 is 5.86. The lowest BCUT2D eigenvalue weighted by Crippen LogP contribution is -2.57. The predicted molar refractivity (Wildman–Crippen MR) is 85.4 cm³/mol. The van der Waals surface area contributed by atoms with E-state index in [0.29, 0.717) is 12.8 Å². The van der Waals surface area contributed by atoms with E-state index in [9.17, 15) is 9.59 Å². The highest BCUT2D eigenvalue weighted by Crippen LogP contribution is 2.73. The number of hydroxylamine groups is 2. The second-order valence-corrected chi connectivity index (χ2v) is 6.91. The van der Waals surface area contributed by atoms with Crippen molar-refractivity contribution in [1.82, 2.24) is 10.0 Å². The summed E-state index contributed by atoms with van der Waals surface area (Å²) in [4.78, 5) is 34.6. The first-order chi connectivity index (χ1) is 11.4. The van der Waals surface area contributed by atoms with Crippen molar-refractivity contribution >= 4 is 18.0 Å². The number of pyridine rings is 1. The van der Waals surface area contributed by atoms with Crippen LogP contribution in [0.4, 0.5) is 0 Å². The van der Waals surface area contributed by atoms with E-state index >= 15 is 0 Å². The monoisotopic (exact) mass is 328 g/mol. The summed E-state index contributed by atoms with van der Waals surface area (Å²) in [6.45, 7) is 1.39. The fraction of sp³-hybridized carbons (Fsp3) is 0.500. The van der Waals surface area contributed by atoms with Gasteiger partial charge in [0.2, 0.25) is 0 Å². The highest BCUT2D eigenvalue weighted by atomic mass is 16.7. The van der Waals surface area contributed by atoms with Crippen LogP contribution in [0.5, 0.6) is 0 Å². The van der Waals surface area contributed by atoms with Gasteiger partial charge in [-0.25, -0.2) is 5.06 Å². The topological polar surface area (TPSA) is 68.7 Å². The highest BCUT2D eigenvalue weighted by Gasteiger charge is 2.78. The Morgan fingerprint density at radius 1 is 1.38 bits per heavy atom. The van der Waals surface area contributed by atoms with Gasteiger partial charge in [0.25, 0.3) is 5.91 Å². The predicted octanol–water partition coefficient (Wildman–Crippen LogP) is 1.92. The molecule has 126 valence electrons. The third-order valence-electron chi connectivity index (χ3n) is 5.86. The highest BCUT2D eigenvalue weighted by molar-refractivity contribution is 5.88. The Morgan fingerprint density at radius 2 is 2.12 bits per heavy atom. The fourth-order valence-corrected chi connectivity index (χ4v) is 4.93. The van der Waals surface area contributed by atoms with Crippen LogP contribution in [-0.4, -0.2) is 41.7 Å². The van der Waals surface area contributed by atoms with Gasteiger partial charge in [0.15, 0.2) is 5.60 Å². The van der Waals surface area contributed by atoms with Crippen LogP contribution in [0, 0.1) is 11.3 Å². The van der Waals surface area contributed by atoms with Crippen molar-refractivity contribution in [3.63, 3.8) is 0 Å². The molecular formula is C18H20N2O4. The van der Waals surface area contributed by atoms with Gasteiger partial charge in [-0.05, 0) is 36.5 Å².